The van der Waals surface area contributed by atoms with Crippen molar-refractivity contribution < 1.29 is 9.53 Å². The summed E-state index contributed by atoms with van der Waals surface area (Å²) in [4.78, 5) is 14.6. The van der Waals surface area contributed by atoms with Crippen molar-refractivity contribution in [2.45, 2.75) is 32.0 Å². The Bertz CT molecular complexity index is 684. The number of likely N-dealkylation sites (tertiary alicyclic amines) is 1. The standard InChI is InChI=1S/C16H23N5O2/c1-10(2)21-8-13(14(9-21)23-3)19-16(22)18-12-6-4-5-11-7-17-20-15(11)12/h4-7,10,13-14H,8-9H2,1-3H3,(H,17,20)(H2,18,19,22)/t13-,14-/m1/s1. The molecule has 1 saturated heterocycles. The fraction of sp³-hybridized carbons (Fsp3) is 0.500. The van der Waals surface area contributed by atoms with E-state index >= 15 is 0 Å². The Labute approximate surface area is 135 Å². The monoisotopic (exact) mass is 317 g/mol. The van der Waals surface area contributed by atoms with Gasteiger partial charge in [-0.2, -0.15) is 5.10 Å². The van der Waals surface area contributed by atoms with Crippen LogP contribution in [-0.4, -0.2) is 59.5 Å². The van der Waals surface area contributed by atoms with Crippen LogP contribution in [0.25, 0.3) is 10.9 Å². The van der Waals surface area contributed by atoms with Gasteiger partial charge in [0.15, 0.2) is 0 Å². The number of aromatic amines is 1. The molecule has 0 bridgehead atoms. The van der Waals surface area contributed by atoms with E-state index in [1.807, 2.05) is 18.2 Å². The smallest absolute Gasteiger partial charge is 0.319 e. The van der Waals surface area contributed by atoms with E-state index in [1.54, 1.807) is 13.3 Å². The second-order valence-corrected chi connectivity index (χ2v) is 6.17. The number of carbonyl (C=O) groups excluding carboxylic acids is 1. The van der Waals surface area contributed by atoms with Gasteiger partial charge in [-0.1, -0.05) is 12.1 Å². The number of anilines is 1. The Balaban J connectivity index is 1.66. The average Bonchev–Trinajstić information content (AvgIpc) is 3.14. The quantitative estimate of drug-likeness (QED) is 0.803. The summed E-state index contributed by atoms with van der Waals surface area (Å²) in [6.45, 7) is 5.91. The highest BCUT2D eigenvalue weighted by molar-refractivity contribution is 5.99. The van der Waals surface area contributed by atoms with Gasteiger partial charge in [0.25, 0.3) is 0 Å². The zero-order valence-electron chi connectivity index (χ0n) is 13.7. The minimum absolute atomic E-state index is 0.00565. The maximum atomic E-state index is 12.3. The van der Waals surface area contributed by atoms with Crippen molar-refractivity contribution in [2.75, 3.05) is 25.5 Å². The summed E-state index contributed by atoms with van der Waals surface area (Å²) >= 11 is 0. The van der Waals surface area contributed by atoms with Gasteiger partial charge in [-0.3, -0.25) is 10.00 Å². The molecule has 1 aromatic carbocycles. The van der Waals surface area contributed by atoms with Crippen LogP contribution in [0.1, 0.15) is 13.8 Å². The van der Waals surface area contributed by atoms with Crippen LogP contribution in [-0.2, 0) is 4.74 Å². The normalized spacial score (nSPS) is 21.9. The van der Waals surface area contributed by atoms with Gasteiger partial charge in [0.1, 0.15) is 0 Å². The molecule has 2 aromatic rings. The van der Waals surface area contributed by atoms with Crippen molar-refractivity contribution >= 4 is 22.6 Å². The number of amides is 2. The molecule has 1 aliphatic heterocycles. The first-order valence-electron chi connectivity index (χ1n) is 7.85. The highest BCUT2D eigenvalue weighted by Gasteiger charge is 2.34. The van der Waals surface area contributed by atoms with E-state index in [4.69, 9.17) is 4.74 Å². The third-order valence-electron chi connectivity index (χ3n) is 4.37. The number of aromatic nitrogens is 2. The summed E-state index contributed by atoms with van der Waals surface area (Å²) in [5.74, 6) is 0. The number of para-hydroxylation sites is 1. The van der Waals surface area contributed by atoms with Gasteiger partial charge in [-0.25, -0.2) is 4.79 Å². The third kappa shape index (κ3) is 3.30. The highest BCUT2D eigenvalue weighted by Crippen LogP contribution is 2.21. The molecule has 7 heteroatoms. The van der Waals surface area contributed by atoms with Crippen LogP contribution in [0.5, 0.6) is 0 Å². The minimum Gasteiger partial charge on any atom is -0.378 e. The first-order chi connectivity index (χ1) is 11.1. The molecule has 0 aliphatic carbocycles. The van der Waals surface area contributed by atoms with E-state index < -0.39 is 0 Å². The molecule has 7 nitrogen and oxygen atoms in total. The molecule has 1 aromatic heterocycles. The number of hydrogen-bond donors (Lipinski definition) is 3. The van der Waals surface area contributed by atoms with E-state index in [2.05, 4.69) is 39.6 Å². The molecule has 2 heterocycles. The zero-order valence-corrected chi connectivity index (χ0v) is 13.7. The molecule has 1 fully saturated rings. The Morgan fingerprint density at radius 2 is 2.26 bits per heavy atom. The molecule has 3 N–H and O–H groups in total. The van der Waals surface area contributed by atoms with Crippen molar-refractivity contribution in [2.24, 2.45) is 0 Å². The summed E-state index contributed by atoms with van der Waals surface area (Å²) in [5, 5.41) is 13.8. The zero-order chi connectivity index (χ0) is 16.4. The molecule has 0 saturated carbocycles. The summed E-state index contributed by atoms with van der Waals surface area (Å²) in [7, 11) is 1.69. The number of methoxy groups -OCH3 is 1. The molecular weight excluding hydrogens is 294 g/mol. The molecule has 23 heavy (non-hydrogen) atoms. The Morgan fingerprint density at radius 1 is 1.43 bits per heavy atom. The summed E-state index contributed by atoms with van der Waals surface area (Å²) in [6, 6.07) is 5.86. The lowest BCUT2D eigenvalue weighted by atomic mass is 10.2. The van der Waals surface area contributed by atoms with Crippen LogP contribution in [0.3, 0.4) is 0 Å². The molecule has 2 amide bonds. The number of fused-ring (bicyclic) bond motifs is 1. The summed E-state index contributed by atoms with van der Waals surface area (Å²) < 4.78 is 5.51. The van der Waals surface area contributed by atoms with E-state index in [1.165, 1.54) is 0 Å². The second-order valence-electron chi connectivity index (χ2n) is 6.17. The van der Waals surface area contributed by atoms with E-state index in [0.717, 1.165) is 24.0 Å². The van der Waals surface area contributed by atoms with Crippen LogP contribution < -0.4 is 10.6 Å². The number of urea groups is 1. The van der Waals surface area contributed by atoms with Crippen LogP contribution in [0.2, 0.25) is 0 Å². The molecule has 2 atom stereocenters. The van der Waals surface area contributed by atoms with Gasteiger partial charge in [0.05, 0.1) is 29.5 Å². The van der Waals surface area contributed by atoms with Gasteiger partial charge in [0.2, 0.25) is 0 Å². The highest BCUT2D eigenvalue weighted by atomic mass is 16.5. The Hall–Kier alpha value is -2.12. The lowest BCUT2D eigenvalue weighted by Gasteiger charge is -2.20. The second kappa shape index (κ2) is 6.55. The van der Waals surface area contributed by atoms with Crippen LogP contribution in [0.15, 0.2) is 24.4 Å². The largest absolute Gasteiger partial charge is 0.378 e. The van der Waals surface area contributed by atoms with E-state index in [-0.39, 0.29) is 18.2 Å². The number of benzene rings is 1. The lowest BCUT2D eigenvalue weighted by molar-refractivity contribution is 0.0896. The molecular formula is C16H23N5O2. The van der Waals surface area contributed by atoms with Gasteiger partial charge in [-0.15, -0.1) is 0 Å². The number of nitrogens with zero attached hydrogens (tertiary/aromatic N) is 2. The fourth-order valence-electron chi connectivity index (χ4n) is 3.00. The maximum absolute atomic E-state index is 12.3. The maximum Gasteiger partial charge on any atom is 0.319 e. The topological polar surface area (TPSA) is 82.3 Å². The predicted octanol–water partition coefficient (Wildman–Crippen LogP) is 1.79. The fourth-order valence-corrected chi connectivity index (χ4v) is 3.00. The SMILES string of the molecule is CO[C@@H]1CN(C(C)C)C[C@H]1NC(=O)Nc1cccc2cn[nH]c12. The Kier molecular flexibility index (Phi) is 4.49. The first kappa shape index (κ1) is 15.8. The molecule has 124 valence electrons. The number of rotatable bonds is 4. The lowest BCUT2D eigenvalue weighted by Crippen LogP contribution is -2.45. The number of nitrogens with one attached hydrogen (secondary N) is 3. The van der Waals surface area contributed by atoms with Crippen molar-refractivity contribution in [1.29, 1.82) is 0 Å². The molecule has 1 aliphatic rings. The van der Waals surface area contributed by atoms with Gasteiger partial charge < -0.3 is 15.4 Å². The number of H-pyrrole nitrogens is 1. The summed E-state index contributed by atoms with van der Waals surface area (Å²) in [5.41, 5.74) is 1.53. The van der Waals surface area contributed by atoms with Gasteiger partial charge >= 0.3 is 6.03 Å². The Morgan fingerprint density at radius 3 is 3.00 bits per heavy atom. The van der Waals surface area contributed by atoms with E-state index in [0.29, 0.717) is 11.7 Å². The van der Waals surface area contributed by atoms with Crippen LogP contribution >= 0.6 is 0 Å². The van der Waals surface area contributed by atoms with Crippen molar-refractivity contribution in [3.63, 3.8) is 0 Å². The van der Waals surface area contributed by atoms with Crippen molar-refractivity contribution in [3.8, 4) is 0 Å². The van der Waals surface area contributed by atoms with E-state index in [9.17, 15) is 4.79 Å². The molecule has 0 unspecified atom stereocenters. The number of carbonyl (C=O) groups is 1. The van der Waals surface area contributed by atoms with Crippen LogP contribution in [0.4, 0.5) is 10.5 Å². The molecule has 3 rings (SSSR count). The third-order valence-corrected chi connectivity index (χ3v) is 4.37. The predicted molar refractivity (Wildman–Crippen MR) is 89.5 cm³/mol. The number of ether oxygens (including phenoxy) is 1. The number of hydrogen-bond acceptors (Lipinski definition) is 4. The molecule has 0 spiro atoms. The average molecular weight is 317 g/mol. The van der Waals surface area contributed by atoms with Gasteiger partial charge in [0, 0.05) is 31.6 Å². The van der Waals surface area contributed by atoms with Crippen LogP contribution in [0, 0.1) is 0 Å². The molecule has 0 radical (unpaired) electrons. The van der Waals surface area contributed by atoms with Gasteiger partial charge in [-0.05, 0) is 19.9 Å². The van der Waals surface area contributed by atoms with Crippen molar-refractivity contribution in [3.05, 3.63) is 24.4 Å². The first-order valence-corrected chi connectivity index (χ1v) is 7.85. The van der Waals surface area contributed by atoms with Crippen molar-refractivity contribution in [1.82, 2.24) is 20.4 Å². The minimum atomic E-state index is -0.232. The summed E-state index contributed by atoms with van der Waals surface area (Å²) in [6.07, 6.45) is 1.74.